The number of methoxy groups -OCH3 is 1. The highest BCUT2D eigenvalue weighted by atomic mass is 16.5. The molecule has 0 fully saturated rings. The second kappa shape index (κ2) is 12.0. The van der Waals surface area contributed by atoms with Gasteiger partial charge < -0.3 is 9.84 Å². The van der Waals surface area contributed by atoms with Gasteiger partial charge in [-0.15, -0.1) is 0 Å². The summed E-state index contributed by atoms with van der Waals surface area (Å²) < 4.78 is 5.36. The van der Waals surface area contributed by atoms with E-state index in [1.807, 2.05) is 13.8 Å². The lowest BCUT2D eigenvalue weighted by Gasteiger charge is -2.09. The molecule has 0 aliphatic rings. The predicted molar refractivity (Wildman–Crippen MR) is 83.0 cm³/mol. The lowest BCUT2D eigenvalue weighted by atomic mass is 10.0. The Morgan fingerprint density at radius 3 is 2.26 bits per heavy atom. The van der Waals surface area contributed by atoms with E-state index in [-0.39, 0.29) is 0 Å². The van der Waals surface area contributed by atoms with Gasteiger partial charge in [-0.1, -0.05) is 50.8 Å². The van der Waals surface area contributed by atoms with E-state index in [1.54, 1.807) is 7.11 Å². The fourth-order valence-corrected chi connectivity index (χ4v) is 2.06. The summed E-state index contributed by atoms with van der Waals surface area (Å²) in [6, 6.07) is 6.35. The molecule has 2 heteroatoms. The zero-order chi connectivity index (χ0) is 14.5. The van der Waals surface area contributed by atoms with Crippen LogP contribution in [0.2, 0.25) is 0 Å². The number of aliphatic hydroxyl groups excluding tert-OH is 1. The molecule has 1 N–H and O–H groups in total. The summed E-state index contributed by atoms with van der Waals surface area (Å²) >= 11 is 0. The van der Waals surface area contributed by atoms with Crippen molar-refractivity contribution in [3.8, 4) is 5.75 Å². The van der Waals surface area contributed by atoms with Gasteiger partial charge in [0.25, 0.3) is 0 Å². The average molecular weight is 266 g/mol. The van der Waals surface area contributed by atoms with Gasteiger partial charge in [-0.25, -0.2) is 0 Å². The summed E-state index contributed by atoms with van der Waals surface area (Å²) in [5.41, 5.74) is 2.61. The van der Waals surface area contributed by atoms with Gasteiger partial charge in [-0.2, -0.15) is 0 Å². The van der Waals surface area contributed by atoms with E-state index in [0.717, 1.165) is 25.0 Å². The number of aliphatic hydroxyl groups is 1. The molecule has 2 nitrogen and oxygen atoms in total. The van der Waals surface area contributed by atoms with E-state index in [9.17, 15) is 0 Å². The second-order valence-corrected chi connectivity index (χ2v) is 4.56. The normalized spacial score (nSPS) is 9.74. The Morgan fingerprint density at radius 2 is 1.63 bits per heavy atom. The van der Waals surface area contributed by atoms with Crippen molar-refractivity contribution < 1.29 is 9.84 Å². The maximum absolute atomic E-state index is 8.68. The van der Waals surface area contributed by atoms with E-state index < -0.39 is 0 Å². The quantitative estimate of drug-likeness (QED) is 0.701. The maximum atomic E-state index is 8.68. The molecule has 0 spiro atoms. The first-order valence-electron chi connectivity index (χ1n) is 7.52. The van der Waals surface area contributed by atoms with Crippen LogP contribution in [0.5, 0.6) is 5.75 Å². The van der Waals surface area contributed by atoms with Gasteiger partial charge in [-0.3, -0.25) is 0 Å². The van der Waals surface area contributed by atoms with Crippen LogP contribution in [0.3, 0.4) is 0 Å². The van der Waals surface area contributed by atoms with E-state index in [4.69, 9.17) is 9.84 Å². The molecule has 0 saturated carbocycles. The molecule has 0 radical (unpaired) electrons. The number of benzene rings is 1. The number of unbranched alkanes of at least 4 members (excludes halogenated alkanes) is 4. The molecule has 19 heavy (non-hydrogen) atoms. The van der Waals surface area contributed by atoms with Gasteiger partial charge in [0.05, 0.1) is 7.11 Å². The van der Waals surface area contributed by atoms with Crippen molar-refractivity contribution >= 4 is 0 Å². The number of hydrogen-bond acceptors (Lipinski definition) is 2. The van der Waals surface area contributed by atoms with Gasteiger partial charge in [0.2, 0.25) is 0 Å². The van der Waals surface area contributed by atoms with Gasteiger partial charge in [-0.05, 0) is 37.8 Å². The first-order chi connectivity index (χ1) is 9.27. The minimum absolute atomic E-state index is 0.325. The molecule has 1 aromatic rings. The molecule has 0 aliphatic heterocycles. The van der Waals surface area contributed by atoms with Crippen LogP contribution in [0.4, 0.5) is 0 Å². The summed E-state index contributed by atoms with van der Waals surface area (Å²) in [5.74, 6) is 1.01. The van der Waals surface area contributed by atoms with Crippen molar-refractivity contribution in [2.45, 2.75) is 59.3 Å². The first-order valence-corrected chi connectivity index (χ1v) is 7.52. The van der Waals surface area contributed by atoms with Crippen LogP contribution in [0.1, 0.15) is 57.1 Å². The van der Waals surface area contributed by atoms with Gasteiger partial charge >= 0.3 is 0 Å². The van der Waals surface area contributed by atoms with Crippen LogP contribution in [0, 0.1) is 6.92 Å². The highest BCUT2D eigenvalue weighted by Gasteiger charge is 2.02. The summed E-state index contributed by atoms with van der Waals surface area (Å²) in [5, 5.41) is 8.68. The molecule has 0 aromatic heterocycles. The zero-order valence-electron chi connectivity index (χ0n) is 13.0. The smallest absolute Gasteiger partial charge is 0.122 e. The monoisotopic (exact) mass is 266 g/mol. The third-order valence-electron chi connectivity index (χ3n) is 3.04. The molecule has 0 aliphatic carbocycles. The van der Waals surface area contributed by atoms with Crippen LogP contribution >= 0.6 is 0 Å². The van der Waals surface area contributed by atoms with Crippen molar-refractivity contribution in [1.29, 1.82) is 0 Å². The van der Waals surface area contributed by atoms with E-state index in [1.165, 1.54) is 30.4 Å². The van der Waals surface area contributed by atoms with Crippen molar-refractivity contribution in [2.75, 3.05) is 13.7 Å². The highest BCUT2D eigenvalue weighted by molar-refractivity contribution is 5.36. The molecular formula is C17H30O2. The SMILES string of the molecule is CC.COc1ccc(C)cc1CCCCCCCO. The summed E-state index contributed by atoms with van der Waals surface area (Å²) in [6.07, 6.45) is 6.82. The lowest BCUT2D eigenvalue weighted by Crippen LogP contribution is -1.93. The third kappa shape index (κ3) is 7.89. The van der Waals surface area contributed by atoms with Crippen LogP contribution in [-0.2, 0) is 6.42 Å². The molecule has 0 saturated heterocycles. The van der Waals surface area contributed by atoms with Crippen molar-refractivity contribution in [3.05, 3.63) is 29.3 Å². The Labute approximate surface area is 118 Å². The molecule has 1 rings (SSSR count). The Balaban J connectivity index is 0.00000154. The van der Waals surface area contributed by atoms with Crippen molar-refractivity contribution in [1.82, 2.24) is 0 Å². The van der Waals surface area contributed by atoms with E-state index in [2.05, 4.69) is 25.1 Å². The van der Waals surface area contributed by atoms with Crippen molar-refractivity contribution in [2.24, 2.45) is 0 Å². The fraction of sp³-hybridized carbons (Fsp3) is 0.647. The Hall–Kier alpha value is -1.02. The van der Waals surface area contributed by atoms with E-state index in [0.29, 0.717) is 6.61 Å². The maximum Gasteiger partial charge on any atom is 0.122 e. The first kappa shape index (κ1) is 18.0. The van der Waals surface area contributed by atoms with Gasteiger partial charge in [0, 0.05) is 6.61 Å². The van der Waals surface area contributed by atoms with Crippen LogP contribution in [0.25, 0.3) is 0 Å². The minimum Gasteiger partial charge on any atom is -0.496 e. The Kier molecular flexibility index (Phi) is 11.4. The predicted octanol–water partition coefficient (Wildman–Crippen LogP) is 4.52. The molecule has 0 unspecified atom stereocenters. The fourth-order valence-electron chi connectivity index (χ4n) is 2.06. The number of rotatable bonds is 8. The molecule has 0 heterocycles. The molecule has 1 aromatic carbocycles. The standard InChI is InChI=1S/C15H24O2.C2H6/c1-13-9-10-15(17-2)14(12-13)8-6-4-3-5-7-11-16;1-2/h9-10,12,16H,3-8,11H2,1-2H3;1-2H3. The third-order valence-corrected chi connectivity index (χ3v) is 3.04. The largest absolute Gasteiger partial charge is 0.496 e. The molecule has 110 valence electrons. The summed E-state index contributed by atoms with van der Waals surface area (Å²) in [7, 11) is 1.73. The number of ether oxygens (including phenoxy) is 1. The van der Waals surface area contributed by atoms with Crippen LogP contribution in [-0.4, -0.2) is 18.8 Å². The zero-order valence-corrected chi connectivity index (χ0v) is 13.0. The van der Waals surface area contributed by atoms with Crippen molar-refractivity contribution in [3.63, 3.8) is 0 Å². The Morgan fingerprint density at radius 1 is 1.00 bits per heavy atom. The molecule has 0 bridgehead atoms. The molecular weight excluding hydrogens is 236 g/mol. The molecule has 0 amide bonds. The summed E-state index contributed by atoms with van der Waals surface area (Å²) in [6.45, 7) is 6.44. The molecule has 0 atom stereocenters. The minimum atomic E-state index is 0.325. The van der Waals surface area contributed by atoms with Crippen LogP contribution < -0.4 is 4.74 Å². The van der Waals surface area contributed by atoms with Crippen LogP contribution in [0.15, 0.2) is 18.2 Å². The summed E-state index contributed by atoms with van der Waals surface area (Å²) in [4.78, 5) is 0. The topological polar surface area (TPSA) is 29.5 Å². The number of hydrogen-bond donors (Lipinski definition) is 1. The van der Waals surface area contributed by atoms with Gasteiger partial charge in [0.1, 0.15) is 5.75 Å². The van der Waals surface area contributed by atoms with Gasteiger partial charge in [0.15, 0.2) is 0 Å². The highest BCUT2D eigenvalue weighted by Crippen LogP contribution is 2.22. The van der Waals surface area contributed by atoms with E-state index >= 15 is 0 Å². The second-order valence-electron chi connectivity index (χ2n) is 4.56. The lowest BCUT2D eigenvalue weighted by molar-refractivity contribution is 0.282. The number of aryl methyl sites for hydroxylation is 2. The average Bonchev–Trinajstić information content (AvgIpc) is 2.45. The Bertz CT molecular complexity index is 321.